The smallest absolute Gasteiger partial charge is 0.451 e. The van der Waals surface area contributed by atoms with E-state index in [1.807, 2.05) is 4.90 Å². The Morgan fingerprint density at radius 1 is 1.23 bits per heavy atom. The molecular weight excluding hydrogens is 338 g/mol. The number of hydrogen-bond donors (Lipinski definition) is 5. The lowest BCUT2D eigenvalue weighted by Crippen LogP contribution is -2.55. The molecular formula is C11H27BCl2N2O6. The number of likely N-dealkylation sites (tertiary alicyclic amines) is 1. The highest BCUT2D eigenvalue weighted by Crippen LogP contribution is 2.20. The summed E-state index contributed by atoms with van der Waals surface area (Å²) < 4.78 is 0. The average Bonchev–Trinajstić information content (AvgIpc) is 2.28. The van der Waals surface area contributed by atoms with Crippen LogP contribution in [0.5, 0.6) is 0 Å². The van der Waals surface area contributed by atoms with Gasteiger partial charge < -0.3 is 31.5 Å². The second-order valence-electron chi connectivity index (χ2n) is 5.35. The zero-order valence-electron chi connectivity index (χ0n) is 12.3. The van der Waals surface area contributed by atoms with Crippen LogP contribution in [0.15, 0.2) is 0 Å². The minimum Gasteiger partial charge on any atom is -0.480 e. The molecule has 134 valence electrons. The van der Waals surface area contributed by atoms with Gasteiger partial charge in [-0.05, 0) is 19.2 Å². The second kappa shape index (κ2) is 12.3. The molecule has 0 aromatic carbocycles. The summed E-state index contributed by atoms with van der Waals surface area (Å²) in [6.45, 7) is 1.71. The van der Waals surface area contributed by atoms with Gasteiger partial charge in [0.25, 0.3) is 0 Å². The van der Waals surface area contributed by atoms with Gasteiger partial charge in [-0.1, -0.05) is 12.8 Å². The molecule has 11 heteroatoms. The molecule has 8 N–H and O–H groups in total. The molecule has 0 radical (unpaired) electrons. The van der Waals surface area contributed by atoms with Crippen molar-refractivity contribution in [1.29, 1.82) is 0 Å². The van der Waals surface area contributed by atoms with Crippen LogP contribution in [-0.2, 0) is 4.79 Å². The van der Waals surface area contributed by atoms with E-state index in [1.165, 1.54) is 0 Å². The first-order chi connectivity index (χ1) is 8.83. The number of carboxylic acid groups (broad SMARTS) is 1. The number of aliphatic carboxylic acids is 1. The summed E-state index contributed by atoms with van der Waals surface area (Å²) in [5, 5.41) is 35.8. The molecule has 1 unspecified atom stereocenters. The van der Waals surface area contributed by atoms with Gasteiger partial charge >= 0.3 is 13.1 Å². The fourth-order valence-corrected chi connectivity index (χ4v) is 2.19. The van der Waals surface area contributed by atoms with Crippen molar-refractivity contribution >= 4 is 37.9 Å². The summed E-state index contributed by atoms with van der Waals surface area (Å²) in [5.41, 5.74) is 4.63. The molecule has 0 spiro atoms. The molecule has 0 saturated carbocycles. The van der Waals surface area contributed by atoms with Gasteiger partial charge in [0.1, 0.15) is 5.54 Å². The number of carbonyl (C=O) groups is 1. The third-order valence-corrected chi connectivity index (χ3v) is 3.57. The number of unbranched alkanes of at least 4 members (excludes halogenated alkanes) is 1. The zero-order chi connectivity index (χ0) is 14.5. The summed E-state index contributed by atoms with van der Waals surface area (Å²) in [6.07, 6.45) is 1.65. The number of nitrogens with two attached hydrogens (primary N) is 1. The van der Waals surface area contributed by atoms with Crippen LogP contribution in [-0.4, -0.2) is 75.0 Å². The Morgan fingerprint density at radius 2 is 1.77 bits per heavy atom. The normalized spacial score (nSPS) is 17.1. The first kappa shape index (κ1) is 26.8. The van der Waals surface area contributed by atoms with Gasteiger partial charge in [-0.3, -0.25) is 9.69 Å². The van der Waals surface area contributed by atoms with Gasteiger partial charge in [-0.25, -0.2) is 0 Å². The summed E-state index contributed by atoms with van der Waals surface area (Å²) in [6, 6.07) is 0. The third kappa shape index (κ3) is 9.11. The standard InChI is InChI=1S/C11H23BN2O5.2ClH.H2O/c13-11(10(16)17,3-1-2-5-12(18)19)4-6-14-7-9(15)8-14;;;/h9,15,18-19H,1-8,13H2,(H,16,17);2*1H;1H2. The lowest BCUT2D eigenvalue weighted by molar-refractivity contribution is -0.144. The van der Waals surface area contributed by atoms with Gasteiger partial charge in [0.05, 0.1) is 6.10 Å². The summed E-state index contributed by atoms with van der Waals surface area (Å²) in [4.78, 5) is 13.2. The van der Waals surface area contributed by atoms with E-state index in [0.29, 0.717) is 45.3 Å². The van der Waals surface area contributed by atoms with E-state index in [9.17, 15) is 9.90 Å². The summed E-state index contributed by atoms with van der Waals surface area (Å²) >= 11 is 0. The molecule has 1 atom stereocenters. The molecule has 0 aromatic rings. The van der Waals surface area contributed by atoms with Crippen LogP contribution >= 0.6 is 24.8 Å². The van der Waals surface area contributed by atoms with Gasteiger partial charge in [0, 0.05) is 19.6 Å². The Balaban J connectivity index is -0.00000120. The van der Waals surface area contributed by atoms with Crippen molar-refractivity contribution in [3.63, 3.8) is 0 Å². The molecule has 1 aliphatic rings. The van der Waals surface area contributed by atoms with E-state index < -0.39 is 18.6 Å². The maximum atomic E-state index is 11.2. The Hall–Kier alpha value is -0.125. The first-order valence-electron chi connectivity index (χ1n) is 6.62. The van der Waals surface area contributed by atoms with E-state index in [4.69, 9.17) is 20.9 Å². The molecule has 8 nitrogen and oxygen atoms in total. The van der Waals surface area contributed by atoms with Crippen molar-refractivity contribution in [2.75, 3.05) is 19.6 Å². The Kier molecular flexibility index (Phi) is 15.0. The van der Waals surface area contributed by atoms with E-state index in [0.717, 1.165) is 0 Å². The highest BCUT2D eigenvalue weighted by molar-refractivity contribution is 6.40. The second-order valence-corrected chi connectivity index (χ2v) is 5.35. The van der Waals surface area contributed by atoms with Crippen molar-refractivity contribution in [3.05, 3.63) is 0 Å². The molecule has 1 saturated heterocycles. The molecule has 1 rings (SSSR count). The Labute approximate surface area is 143 Å². The SMILES string of the molecule is Cl.Cl.NC(CCCCB(O)O)(CCN1CC(O)C1)C(=O)O.O. The van der Waals surface area contributed by atoms with Crippen molar-refractivity contribution in [2.45, 2.75) is 43.6 Å². The highest BCUT2D eigenvalue weighted by atomic mass is 35.5. The number of hydrogen-bond acceptors (Lipinski definition) is 6. The molecule has 0 aromatic heterocycles. The minimum atomic E-state index is -1.35. The van der Waals surface area contributed by atoms with Crippen LogP contribution in [0.4, 0.5) is 0 Å². The van der Waals surface area contributed by atoms with Gasteiger partial charge in [0.15, 0.2) is 0 Å². The lowest BCUT2D eigenvalue weighted by Gasteiger charge is -2.37. The maximum Gasteiger partial charge on any atom is 0.451 e. The zero-order valence-corrected chi connectivity index (χ0v) is 14.0. The van der Waals surface area contributed by atoms with E-state index in [1.54, 1.807) is 0 Å². The number of rotatable bonds is 9. The van der Waals surface area contributed by atoms with Crippen molar-refractivity contribution in [3.8, 4) is 0 Å². The van der Waals surface area contributed by atoms with Gasteiger partial charge in [-0.15, -0.1) is 24.8 Å². The average molecular weight is 365 g/mol. The topological polar surface area (TPSA) is 159 Å². The summed E-state index contributed by atoms with van der Waals surface area (Å²) in [7, 11) is -1.35. The van der Waals surface area contributed by atoms with Crippen LogP contribution < -0.4 is 5.73 Å². The van der Waals surface area contributed by atoms with Crippen molar-refractivity contribution < 1.29 is 30.5 Å². The number of β-amino-alcohol motifs (C(OH)–C–C–N with tert-alkyl or cyclic N) is 1. The van der Waals surface area contributed by atoms with Gasteiger partial charge in [0.2, 0.25) is 0 Å². The monoisotopic (exact) mass is 364 g/mol. The number of carboxylic acids is 1. The lowest BCUT2D eigenvalue weighted by atomic mass is 9.81. The third-order valence-electron chi connectivity index (χ3n) is 3.57. The van der Waals surface area contributed by atoms with Crippen LogP contribution in [0, 0.1) is 0 Å². The van der Waals surface area contributed by atoms with Crippen LogP contribution in [0.2, 0.25) is 6.32 Å². The van der Waals surface area contributed by atoms with Crippen LogP contribution in [0.3, 0.4) is 0 Å². The number of aliphatic hydroxyl groups excluding tert-OH is 1. The fraction of sp³-hybridized carbons (Fsp3) is 0.909. The maximum absolute atomic E-state index is 11.2. The molecule has 0 bridgehead atoms. The number of aliphatic hydroxyl groups is 1. The van der Waals surface area contributed by atoms with Crippen molar-refractivity contribution in [1.82, 2.24) is 4.90 Å². The minimum absolute atomic E-state index is 0. The van der Waals surface area contributed by atoms with E-state index in [2.05, 4.69) is 0 Å². The van der Waals surface area contributed by atoms with Crippen LogP contribution in [0.1, 0.15) is 25.7 Å². The molecule has 22 heavy (non-hydrogen) atoms. The summed E-state index contributed by atoms with van der Waals surface area (Å²) in [5.74, 6) is -1.03. The van der Waals surface area contributed by atoms with E-state index >= 15 is 0 Å². The fourth-order valence-electron chi connectivity index (χ4n) is 2.19. The number of nitrogens with zero attached hydrogens (tertiary/aromatic N) is 1. The largest absolute Gasteiger partial charge is 0.480 e. The van der Waals surface area contributed by atoms with Gasteiger partial charge in [-0.2, -0.15) is 0 Å². The van der Waals surface area contributed by atoms with Crippen LogP contribution in [0.25, 0.3) is 0 Å². The van der Waals surface area contributed by atoms with Crippen molar-refractivity contribution in [2.24, 2.45) is 5.73 Å². The van der Waals surface area contributed by atoms with E-state index in [-0.39, 0.29) is 42.7 Å². The quantitative estimate of drug-likeness (QED) is 0.246. The number of halogens is 2. The molecule has 0 aliphatic carbocycles. The Bertz CT molecular complexity index is 310. The highest BCUT2D eigenvalue weighted by Gasteiger charge is 2.35. The predicted molar refractivity (Wildman–Crippen MR) is 88.6 cm³/mol. The first-order valence-corrected chi connectivity index (χ1v) is 6.62. The predicted octanol–water partition coefficient (Wildman–Crippen LogP) is -1.50. The molecule has 1 aliphatic heterocycles. The molecule has 1 fully saturated rings. The molecule has 1 heterocycles. The molecule has 0 amide bonds. The Morgan fingerprint density at radius 3 is 2.18 bits per heavy atom.